The zero-order valence-corrected chi connectivity index (χ0v) is 10.9. The van der Waals surface area contributed by atoms with Crippen molar-refractivity contribution in [3.63, 3.8) is 0 Å². The van der Waals surface area contributed by atoms with Gasteiger partial charge in [0.1, 0.15) is 0 Å². The lowest BCUT2D eigenvalue weighted by Crippen LogP contribution is -2.39. The van der Waals surface area contributed by atoms with Crippen molar-refractivity contribution < 1.29 is 14.7 Å². The minimum absolute atomic E-state index is 0.0556. The van der Waals surface area contributed by atoms with E-state index in [1.54, 1.807) is 0 Å². The lowest BCUT2D eigenvalue weighted by atomic mass is 9.87. The highest BCUT2D eigenvalue weighted by Crippen LogP contribution is 2.34. The van der Waals surface area contributed by atoms with E-state index in [0.717, 1.165) is 25.7 Å². The molecule has 2 fully saturated rings. The SMILES string of the molecule is O=C(O)CC(NC(=O)CC1CCCCC1)C1CC1. The second-order valence-corrected chi connectivity index (χ2v) is 5.82. The van der Waals surface area contributed by atoms with E-state index in [1.165, 1.54) is 19.3 Å². The highest BCUT2D eigenvalue weighted by Gasteiger charge is 2.34. The molecule has 0 aromatic rings. The second-order valence-electron chi connectivity index (χ2n) is 5.82. The summed E-state index contributed by atoms with van der Waals surface area (Å²) in [6.45, 7) is 0. The lowest BCUT2D eigenvalue weighted by Gasteiger charge is -2.22. The molecule has 0 heterocycles. The molecule has 4 nitrogen and oxygen atoms in total. The maximum Gasteiger partial charge on any atom is 0.305 e. The summed E-state index contributed by atoms with van der Waals surface area (Å²) in [4.78, 5) is 22.7. The van der Waals surface area contributed by atoms with Gasteiger partial charge in [0, 0.05) is 12.5 Å². The summed E-state index contributed by atoms with van der Waals surface area (Å²) >= 11 is 0. The van der Waals surface area contributed by atoms with Crippen molar-refractivity contribution in [3.8, 4) is 0 Å². The van der Waals surface area contributed by atoms with Crippen LogP contribution in [-0.4, -0.2) is 23.0 Å². The third-order valence-corrected chi connectivity index (χ3v) is 4.13. The number of aliphatic carboxylic acids is 1. The summed E-state index contributed by atoms with van der Waals surface area (Å²) in [6.07, 6.45) is 8.84. The minimum atomic E-state index is -0.815. The molecule has 4 heteroatoms. The van der Waals surface area contributed by atoms with Crippen LogP contribution in [0.4, 0.5) is 0 Å². The predicted octanol–water partition coefficient (Wildman–Crippen LogP) is 2.33. The quantitative estimate of drug-likeness (QED) is 0.763. The molecule has 102 valence electrons. The number of nitrogens with one attached hydrogen (secondary N) is 1. The van der Waals surface area contributed by atoms with Crippen molar-refractivity contribution >= 4 is 11.9 Å². The number of carboxylic acids is 1. The molecule has 0 aromatic heterocycles. The maximum atomic E-state index is 11.9. The summed E-state index contributed by atoms with van der Waals surface area (Å²) in [5, 5.41) is 11.8. The van der Waals surface area contributed by atoms with E-state index >= 15 is 0 Å². The van der Waals surface area contributed by atoms with E-state index in [4.69, 9.17) is 5.11 Å². The number of hydrogen-bond donors (Lipinski definition) is 2. The molecule has 0 saturated heterocycles. The van der Waals surface area contributed by atoms with Crippen LogP contribution in [0.15, 0.2) is 0 Å². The zero-order chi connectivity index (χ0) is 13.0. The Labute approximate surface area is 108 Å². The molecule has 0 bridgehead atoms. The van der Waals surface area contributed by atoms with Crippen LogP contribution in [-0.2, 0) is 9.59 Å². The number of amides is 1. The van der Waals surface area contributed by atoms with Crippen molar-refractivity contribution in [1.82, 2.24) is 5.32 Å². The van der Waals surface area contributed by atoms with Gasteiger partial charge in [-0.2, -0.15) is 0 Å². The zero-order valence-electron chi connectivity index (χ0n) is 10.9. The van der Waals surface area contributed by atoms with E-state index in [-0.39, 0.29) is 18.4 Å². The van der Waals surface area contributed by atoms with Crippen LogP contribution in [0.25, 0.3) is 0 Å². The molecule has 2 N–H and O–H groups in total. The van der Waals surface area contributed by atoms with Gasteiger partial charge in [-0.25, -0.2) is 0 Å². The molecular formula is C14H23NO3. The van der Waals surface area contributed by atoms with Gasteiger partial charge in [-0.1, -0.05) is 19.3 Å². The third kappa shape index (κ3) is 4.31. The maximum absolute atomic E-state index is 11.9. The molecule has 2 saturated carbocycles. The second kappa shape index (κ2) is 6.21. The van der Waals surface area contributed by atoms with E-state index < -0.39 is 5.97 Å². The Morgan fingerprint density at radius 2 is 1.78 bits per heavy atom. The van der Waals surface area contributed by atoms with Crippen LogP contribution in [0.2, 0.25) is 0 Å². The first-order valence-corrected chi connectivity index (χ1v) is 7.16. The smallest absolute Gasteiger partial charge is 0.305 e. The van der Waals surface area contributed by atoms with Gasteiger partial charge in [-0.05, 0) is 37.5 Å². The number of carbonyl (C=O) groups is 2. The van der Waals surface area contributed by atoms with Crippen molar-refractivity contribution in [3.05, 3.63) is 0 Å². The predicted molar refractivity (Wildman–Crippen MR) is 68.1 cm³/mol. The highest BCUT2D eigenvalue weighted by atomic mass is 16.4. The Bertz CT molecular complexity index is 306. The Balaban J connectivity index is 1.75. The van der Waals surface area contributed by atoms with E-state index in [1.807, 2.05) is 0 Å². The molecule has 2 aliphatic carbocycles. The molecule has 0 spiro atoms. The van der Waals surface area contributed by atoms with Crippen LogP contribution in [0.1, 0.15) is 57.8 Å². The van der Waals surface area contributed by atoms with Gasteiger partial charge in [-0.15, -0.1) is 0 Å². The number of hydrogen-bond acceptors (Lipinski definition) is 2. The number of carbonyl (C=O) groups excluding carboxylic acids is 1. The lowest BCUT2D eigenvalue weighted by molar-refractivity contribution is -0.137. The van der Waals surface area contributed by atoms with Crippen LogP contribution >= 0.6 is 0 Å². The van der Waals surface area contributed by atoms with Gasteiger partial charge in [-0.3, -0.25) is 9.59 Å². The Morgan fingerprint density at radius 1 is 1.11 bits per heavy atom. The van der Waals surface area contributed by atoms with Gasteiger partial charge in [0.15, 0.2) is 0 Å². The minimum Gasteiger partial charge on any atom is -0.481 e. The van der Waals surface area contributed by atoms with Crippen molar-refractivity contribution in [2.45, 2.75) is 63.8 Å². The average Bonchev–Trinajstić information content (AvgIpc) is 3.12. The van der Waals surface area contributed by atoms with Crippen molar-refractivity contribution in [2.24, 2.45) is 11.8 Å². The molecule has 2 rings (SSSR count). The Hall–Kier alpha value is -1.06. The van der Waals surface area contributed by atoms with E-state index in [9.17, 15) is 9.59 Å². The van der Waals surface area contributed by atoms with Crippen molar-refractivity contribution in [2.75, 3.05) is 0 Å². The van der Waals surface area contributed by atoms with Crippen LogP contribution < -0.4 is 5.32 Å². The summed E-state index contributed by atoms with van der Waals surface area (Å²) in [6, 6.07) is -0.140. The fraction of sp³-hybridized carbons (Fsp3) is 0.857. The van der Waals surface area contributed by atoms with Gasteiger partial charge in [0.2, 0.25) is 5.91 Å². The van der Waals surface area contributed by atoms with E-state index in [2.05, 4.69) is 5.32 Å². The molecule has 0 aliphatic heterocycles. The monoisotopic (exact) mass is 253 g/mol. The summed E-state index contributed by atoms with van der Waals surface area (Å²) in [5.74, 6) is 0.157. The average molecular weight is 253 g/mol. The van der Waals surface area contributed by atoms with Gasteiger partial charge in [0.05, 0.1) is 6.42 Å². The molecule has 0 radical (unpaired) electrons. The normalized spacial score (nSPS) is 22.4. The van der Waals surface area contributed by atoms with E-state index in [0.29, 0.717) is 18.3 Å². The van der Waals surface area contributed by atoms with Crippen LogP contribution in [0.3, 0.4) is 0 Å². The molecule has 1 unspecified atom stereocenters. The van der Waals surface area contributed by atoms with Crippen LogP contribution in [0.5, 0.6) is 0 Å². The molecule has 18 heavy (non-hydrogen) atoms. The number of rotatable bonds is 6. The molecule has 2 aliphatic rings. The molecule has 1 amide bonds. The molecule has 1 atom stereocenters. The first-order chi connectivity index (χ1) is 8.65. The van der Waals surface area contributed by atoms with Gasteiger partial charge >= 0.3 is 5.97 Å². The Morgan fingerprint density at radius 3 is 2.33 bits per heavy atom. The fourth-order valence-corrected chi connectivity index (χ4v) is 2.94. The first-order valence-electron chi connectivity index (χ1n) is 7.16. The summed E-state index contributed by atoms with van der Waals surface area (Å²) in [7, 11) is 0. The largest absolute Gasteiger partial charge is 0.481 e. The van der Waals surface area contributed by atoms with Gasteiger partial charge < -0.3 is 10.4 Å². The summed E-state index contributed by atoms with van der Waals surface area (Å²) < 4.78 is 0. The topological polar surface area (TPSA) is 66.4 Å². The fourth-order valence-electron chi connectivity index (χ4n) is 2.94. The van der Waals surface area contributed by atoms with Gasteiger partial charge in [0.25, 0.3) is 0 Å². The Kier molecular flexibility index (Phi) is 4.61. The first kappa shape index (κ1) is 13.4. The molecule has 0 aromatic carbocycles. The summed E-state index contributed by atoms with van der Waals surface area (Å²) in [5.41, 5.74) is 0. The molecular weight excluding hydrogens is 230 g/mol. The standard InChI is InChI=1S/C14H23NO3/c16-13(8-10-4-2-1-3-5-10)15-12(9-14(17)18)11-6-7-11/h10-12H,1-9H2,(H,15,16)(H,17,18). The van der Waals surface area contributed by atoms with Crippen LogP contribution in [0, 0.1) is 11.8 Å². The van der Waals surface area contributed by atoms with Crippen molar-refractivity contribution in [1.29, 1.82) is 0 Å². The third-order valence-electron chi connectivity index (χ3n) is 4.13. The number of carboxylic acid groups (broad SMARTS) is 1. The highest BCUT2D eigenvalue weighted by molar-refractivity contribution is 5.77.